The molecule has 0 heterocycles. The van der Waals surface area contributed by atoms with E-state index in [0.717, 1.165) is 24.3 Å². The Kier molecular flexibility index (Phi) is 4.04. The minimum Gasteiger partial charge on any atom is -0.508 e. The zero-order valence-corrected chi connectivity index (χ0v) is 16.2. The standard InChI is InChI=1S/C25H24O3/c1-27-19-8-9-21-17(11-19)13-24-23(21)12-15-6-7-20(28-2)14-22(15)25(24)16-4-3-5-18(26)10-16/h3-11,14,23-26H,12-13H2,1-2H3/t23-,24+,25+/m0/s1. The van der Waals surface area contributed by atoms with E-state index in [2.05, 4.69) is 42.5 Å². The summed E-state index contributed by atoms with van der Waals surface area (Å²) in [5.41, 5.74) is 6.70. The van der Waals surface area contributed by atoms with Crippen molar-refractivity contribution >= 4 is 0 Å². The summed E-state index contributed by atoms with van der Waals surface area (Å²) in [5, 5.41) is 10.1. The molecule has 0 saturated heterocycles. The smallest absolute Gasteiger partial charge is 0.119 e. The van der Waals surface area contributed by atoms with E-state index in [1.165, 1.54) is 27.8 Å². The van der Waals surface area contributed by atoms with Gasteiger partial charge in [0, 0.05) is 5.92 Å². The number of hydrogen-bond acceptors (Lipinski definition) is 3. The van der Waals surface area contributed by atoms with Gasteiger partial charge >= 0.3 is 0 Å². The molecule has 1 N–H and O–H groups in total. The van der Waals surface area contributed by atoms with E-state index in [9.17, 15) is 5.11 Å². The van der Waals surface area contributed by atoms with Gasteiger partial charge in [-0.3, -0.25) is 0 Å². The van der Waals surface area contributed by atoms with Crippen LogP contribution in [0.2, 0.25) is 0 Å². The largest absolute Gasteiger partial charge is 0.508 e. The summed E-state index contributed by atoms with van der Waals surface area (Å²) < 4.78 is 11.0. The number of methoxy groups -OCH3 is 2. The predicted octanol–water partition coefficient (Wildman–Crippen LogP) is 5.05. The van der Waals surface area contributed by atoms with E-state index in [1.807, 2.05) is 12.1 Å². The molecule has 0 spiro atoms. The van der Waals surface area contributed by atoms with Crippen molar-refractivity contribution < 1.29 is 14.6 Å². The van der Waals surface area contributed by atoms with Crippen LogP contribution < -0.4 is 9.47 Å². The molecule has 28 heavy (non-hydrogen) atoms. The molecular formula is C25H24O3. The second-order valence-electron chi connectivity index (χ2n) is 7.88. The van der Waals surface area contributed by atoms with Gasteiger partial charge in [-0.15, -0.1) is 0 Å². The van der Waals surface area contributed by atoms with Crippen molar-refractivity contribution in [1.82, 2.24) is 0 Å². The fourth-order valence-electron chi connectivity index (χ4n) is 5.27. The zero-order chi connectivity index (χ0) is 19.3. The second kappa shape index (κ2) is 6.59. The number of benzene rings is 3. The van der Waals surface area contributed by atoms with Crippen molar-refractivity contribution in [3.8, 4) is 17.2 Å². The van der Waals surface area contributed by atoms with Gasteiger partial charge in [-0.2, -0.15) is 0 Å². The van der Waals surface area contributed by atoms with Crippen molar-refractivity contribution in [2.24, 2.45) is 5.92 Å². The van der Waals surface area contributed by atoms with Gasteiger partial charge in [0.1, 0.15) is 17.2 Å². The first-order valence-corrected chi connectivity index (χ1v) is 9.80. The van der Waals surface area contributed by atoms with Crippen molar-refractivity contribution in [2.75, 3.05) is 14.2 Å². The zero-order valence-electron chi connectivity index (χ0n) is 16.2. The molecular weight excluding hydrogens is 348 g/mol. The Balaban J connectivity index is 1.67. The molecule has 142 valence electrons. The van der Waals surface area contributed by atoms with E-state index >= 15 is 0 Å². The van der Waals surface area contributed by atoms with Gasteiger partial charge in [0.2, 0.25) is 0 Å². The summed E-state index contributed by atoms with van der Waals surface area (Å²) in [7, 11) is 3.44. The Labute approximate surface area is 165 Å². The number of aromatic hydroxyl groups is 1. The topological polar surface area (TPSA) is 38.7 Å². The van der Waals surface area contributed by atoms with Crippen LogP contribution in [0.1, 0.15) is 39.7 Å². The average Bonchev–Trinajstić information content (AvgIpc) is 3.08. The van der Waals surface area contributed by atoms with E-state index in [4.69, 9.17) is 9.47 Å². The molecule has 0 fully saturated rings. The lowest BCUT2D eigenvalue weighted by molar-refractivity contribution is 0.375. The lowest BCUT2D eigenvalue weighted by Gasteiger charge is -2.37. The van der Waals surface area contributed by atoms with Crippen molar-refractivity contribution in [3.63, 3.8) is 0 Å². The maximum absolute atomic E-state index is 10.1. The van der Waals surface area contributed by atoms with Gasteiger partial charge in [-0.25, -0.2) is 0 Å². The van der Waals surface area contributed by atoms with Crippen LogP contribution in [-0.2, 0) is 12.8 Å². The van der Waals surface area contributed by atoms with E-state index in [1.54, 1.807) is 20.3 Å². The lowest BCUT2D eigenvalue weighted by Crippen LogP contribution is -2.26. The maximum atomic E-state index is 10.1. The van der Waals surface area contributed by atoms with Crippen molar-refractivity contribution in [3.05, 3.63) is 88.5 Å². The number of ether oxygens (including phenoxy) is 2. The minimum absolute atomic E-state index is 0.231. The first-order chi connectivity index (χ1) is 13.7. The van der Waals surface area contributed by atoms with Crippen LogP contribution in [0.25, 0.3) is 0 Å². The summed E-state index contributed by atoms with van der Waals surface area (Å²) in [6.07, 6.45) is 2.06. The van der Waals surface area contributed by atoms with Crippen LogP contribution >= 0.6 is 0 Å². The third-order valence-corrected chi connectivity index (χ3v) is 6.51. The van der Waals surface area contributed by atoms with E-state index < -0.39 is 0 Å². The summed E-state index contributed by atoms with van der Waals surface area (Å²) in [4.78, 5) is 0. The highest BCUT2D eigenvalue weighted by atomic mass is 16.5. The molecule has 3 heteroatoms. The Bertz CT molecular complexity index is 1040. The number of rotatable bonds is 3. The van der Waals surface area contributed by atoms with Crippen LogP contribution in [-0.4, -0.2) is 19.3 Å². The summed E-state index contributed by atoms with van der Waals surface area (Å²) in [5.74, 6) is 3.30. The van der Waals surface area contributed by atoms with Crippen molar-refractivity contribution in [2.45, 2.75) is 24.7 Å². The minimum atomic E-state index is 0.231. The third-order valence-electron chi connectivity index (χ3n) is 6.51. The van der Waals surface area contributed by atoms with Gasteiger partial charge < -0.3 is 14.6 Å². The van der Waals surface area contributed by atoms with E-state index in [-0.39, 0.29) is 5.92 Å². The fraction of sp³-hybridized carbons (Fsp3) is 0.280. The quantitative estimate of drug-likeness (QED) is 0.699. The third kappa shape index (κ3) is 2.65. The molecule has 0 amide bonds. The molecule has 2 aliphatic rings. The van der Waals surface area contributed by atoms with Crippen LogP contribution in [0.4, 0.5) is 0 Å². The number of hydrogen-bond donors (Lipinski definition) is 1. The molecule has 0 aliphatic heterocycles. The summed E-state index contributed by atoms with van der Waals surface area (Å²) in [6, 6.07) is 20.7. The summed E-state index contributed by atoms with van der Waals surface area (Å²) in [6.45, 7) is 0. The van der Waals surface area contributed by atoms with Crippen LogP contribution in [0.3, 0.4) is 0 Å². The Hall–Kier alpha value is -2.94. The van der Waals surface area contributed by atoms with E-state index in [0.29, 0.717) is 17.6 Å². The molecule has 3 aromatic rings. The molecule has 0 unspecified atom stereocenters. The Morgan fingerprint density at radius 1 is 0.786 bits per heavy atom. The fourth-order valence-corrected chi connectivity index (χ4v) is 5.27. The van der Waals surface area contributed by atoms with Crippen LogP contribution in [0.5, 0.6) is 17.2 Å². The normalized spacial score (nSPS) is 22.1. The molecule has 3 atom stereocenters. The van der Waals surface area contributed by atoms with Crippen LogP contribution in [0.15, 0.2) is 60.7 Å². The molecule has 0 saturated carbocycles. The van der Waals surface area contributed by atoms with Gasteiger partial charge in [0.25, 0.3) is 0 Å². The predicted molar refractivity (Wildman–Crippen MR) is 110 cm³/mol. The molecule has 3 nitrogen and oxygen atoms in total. The molecule has 5 rings (SSSR count). The van der Waals surface area contributed by atoms with Crippen LogP contribution in [0, 0.1) is 5.92 Å². The number of phenols is 1. The first kappa shape index (κ1) is 17.2. The summed E-state index contributed by atoms with van der Waals surface area (Å²) >= 11 is 0. The Morgan fingerprint density at radius 2 is 1.57 bits per heavy atom. The molecule has 0 aromatic heterocycles. The number of fused-ring (bicyclic) bond motifs is 4. The highest BCUT2D eigenvalue weighted by Crippen LogP contribution is 2.54. The highest BCUT2D eigenvalue weighted by molar-refractivity contribution is 5.52. The lowest BCUT2D eigenvalue weighted by atomic mass is 9.67. The van der Waals surface area contributed by atoms with Gasteiger partial charge in [0.05, 0.1) is 14.2 Å². The van der Waals surface area contributed by atoms with Gasteiger partial charge in [-0.1, -0.05) is 24.3 Å². The Morgan fingerprint density at radius 3 is 2.36 bits per heavy atom. The SMILES string of the molecule is COc1ccc2c(c1)C[C@H]1[C@H](c3cccc(O)c3)c3cc(OC)ccc3C[C@@H]21. The molecule has 0 radical (unpaired) electrons. The van der Waals surface area contributed by atoms with Crippen molar-refractivity contribution in [1.29, 1.82) is 0 Å². The molecule has 3 aromatic carbocycles. The monoisotopic (exact) mass is 372 g/mol. The number of phenolic OH excluding ortho intramolecular Hbond substituents is 1. The second-order valence-corrected chi connectivity index (χ2v) is 7.88. The van der Waals surface area contributed by atoms with Gasteiger partial charge in [-0.05, 0) is 88.9 Å². The highest BCUT2D eigenvalue weighted by Gasteiger charge is 2.43. The van der Waals surface area contributed by atoms with Gasteiger partial charge in [0.15, 0.2) is 0 Å². The molecule has 2 aliphatic carbocycles. The average molecular weight is 372 g/mol. The molecule has 0 bridgehead atoms. The maximum Gasteiger partial charge on any atom is 0.119 e. The first-order valence-electron chi connectivity index (χ1n) is 9.80.